The highest BCUT2D eigenvalue weighted by Crippen LogP contribution is 2.43. The highest BCUT2D eigenvalue weighted by molar-refractivity contribution is 6.51. The van der Waals surface area contributed by atoms with Crippen LogP contribution in [0.4, 0.5) is 14.5 Å². The van der Waals surface area contributed by atoms with Gasteiger partial charge in [0.15, 0.2) is 11.6 Å². The number of aliphatic hydroxyl groups excluding tert-OH is 1. The highest BCUT2D eigenvalue weighted by atomic mass is 19.2. The molecule has 3 aromatic carbocycles. The van der Waals surface area contributed by atoms with Gasteiger partial charge in [0.05, 0.1) is 17.7 Å². The molecule has 1 amide bonds. The fraction of sp³-hybridized carbons (Fsp3) is 0.154. The van der Waals surface area contributed by atoms with E-state index in [0.717, 1.165) is 23.1 Å². The summed E-state index contributed by atoms with van der Waals surface area (Å²) in [5.41, 5.74) is 0.180. The number of phenolic OH excluding ortho intramolecular Hbond substituents is 1. The molecule has 0 saturated carbocycles. The molecule has 6 nitrogen and oxygen atoms in total. The number of amides is 1. The Bertz CT molecular complexity index is 1320. The molecule has 1 fully saturated rings. The summed E-state index contributed by atoms with van der Waals surface area (Å²) in [6, 6.07) is 13.8. The SMILES string of the molecule is CC(C)Oc1cccc(/C(O)=C2\C(=O)C(=O)N(c3ccc(F)c(F)c3)C2c2cccc(O)c2)c1. The molecule has 4 rings (SSSR count). The number of carbonyl (C=O) groups is 2. The van der Waals surface area contributed by atoms with Gasteiger partial charge in [0.2, 0.25) is 0 Å². The predicted molar refractivity (Wildman–Crippen MR) is 121 cm³/mol. The van der Waals surface area contributed by atoms with Gasteiger partial charge >= 0.3 is 0 Å². The molecule has 1 aliphatic rings. The molecule has 34 heavy (non-hydrogen) atoms. The molecule has 2 N–H and O–H groups in total. The van der Waals surface area contributed by atoms with E-state index >= 15 is 0 Å². The number of carbonyl (C=O) groups excluding carboxylic acids is 2. The quantitative estimate of drug-likeness (QED) is 0.312. The van der Waals surface area contributed by atoms with Crippen LogP contribution in [-0.4, -0.2) is 28.0 Å². The molecule has 3 aromatic rings. The number of benzene rings is 3. The molecule has 174 valence electrons. The van der Waals surface area contributed by atoms with Gasteiger partial charge in [0.1, 0.15) is 17.3 Å². The number of hydrogen-bond acceptors (Lipinski definition) is 5. The van der Waals surface area contributed by atoms with Gasteiger partial charge in [-0.25, -0.2) is 8.78 Å². The van der Waals surface area contributed by atoms with Crippen molar-refractivity contribution in [3.8, 4) is 11.5 Å². The largest absolute Gasteiger partial charge is 0.508 e. The Morgan fingerprint density at radius 3 is 2.38 bits per heavy atom. The van der Waals surface area contributed by atoms with E-state index in [-0.39, 0.29) is 28.7 Å². The van der Waals surface area contributed by atoms with E-state index in [0.29, 0.717) is 11.3 Å². The number of phenols is 1. The Morgan fingerprint density at radius 1 is 0.971 bits per heavy atom. The lowest BCUT2D eigenvalue weighted by molar-refractivity contribution is -0.132. The van der Waals surface area contributed by atoms with Gasteiger partial charge < -0.3 is 14.9 Å². The van der Waals surface area contributed by atoms with Gasteiger partial charge in [-0.3, -0.25) is 14.5 Å². The van der Waals surface area contributed by atoms with Crippen LogP contribution in [0.3, 0.4) is 0 Å². The molecule has 8 heteroatoms. The number of rotatable bonds is 5. The summed E-state index contributed by atoms with van der Waals surface area (Å²) in [4.78, 5) is 27.1. The summed E-state index contributed by atoms with van der Waals surface area (Å²) in [6.45, 7) is 3.67. The van der Waals surface area contributed by atoms with Crippen molar-refractivity contribution in [2.45, 2.75) is 26.0 Å². The van der Waals surface area contributed by atoms with E-state index in [1.165, 1.54) is 24.3 Å². The number of ketones is 1. The Kier molecular flexibility index (Phi) is 6.06. The minimum atomic E-state index is -1.20. The normalized spacial score (nSPS) is 17.4. The maximum Gasteiger partial charge on any atom is 0.300 e. The monoisotopic (exact) mass is 465 g/mol. The van der Waals surface area contributed by atoms with Crippen LogP contribution in [0.2, 0.25) is 0 Å². The van der Waals surface area contributed by atoms with Crippen molar-refractivity contribution in [1.29, 1.82) is 0 Å². The van der Waals surface area contributed by atoms with Gasteiger partial charge in [-0.05, 0) is 55.8 Å². The number of Topliss-reactive ketones (excluding diaryl/α,β-unsaturated/α-hetero) is 1. The van der Waals surface area contributed by atoms with Crippen molar-refractivity contribution in [3.63, 3.8) is 0 Å². The average molecular weight is 465 g/mol. The average Bonchev–Trinajstić information content (AvgIpc) is 3.05. The molecular weight excluding hydrogens is 444 g/mol. The summed E-state index contributed by atoms with van der Waals surface area (Å²) in [5.74, 6) is -4.51. The molecule has 0 radical (unpaired) electrons. The van der Waals surface area contributed by atoms with E-state index in [1.807, 2.05) is 13.8 Å². The Labute approximate surface area is 194 Å². The lowest BCUT2D eigenvalue weighted by Gasteiger charge is -2.25. The third-order valence-corrected chi connectivity index (χ3v) is 5.29. The van der Waals surface area contributed by atoms with Gasteiger partial charge in [0, 0.05) is 17.3 Å². The topological polar surface area (TPSA) is 87.1 Å². The minimum Gasteiger partial charge on any atom is -0.508 e. The molecular formula is C26H21F2NO5. The first-order valence-electron chi connectivity index (χ1n) is 10.5. The van der Waals surface area contributed by atoms with E-state index in [2.05, 4.69) is 0 Å². The molecule has 0 spiro atoms. The first-order chi connectivity index (χ1) is 16.2. The van der Waals surface area contributed by atoms with Crippen LogP contribution in [-0.2, 0) is 9.59 Å². The van der Waals surface area contributed by atoms with E-state index in [9.17, 15) is 28.6 Å². The van der Waals surface area contributed by atoms with E-state index in [4.69, 9.17) is 4.74 Å². The summed E-state index contributed by atoms with van der Waals surface area (Å²) in [6.07, 6.45) is -0.136. The number of aliphatic hydroxyl groups is 1. The molecule has 0 bridgehead atoms. The van der Waals surface area contributed by atoms with Crippen LogP contribution >= 0.6 is 0 Å². The number of hydrogen-bond donors (Lipinski definition) is 2. The Hall–Kier alpha value is -4.20. The predicted octanol–water partition coefficient (Wildman–Crippen LogP) is 5.08. The van der Waals surface area contributed by atoms with Crippen LogP contribution in [0.1, 0.15) is 31.0 Å². The second-order valence-electron chi connectivity index (χ2n) is 8.06. The van der Waals surface area contributed by atoms with Crippen LogP contribution in [0.15, 0.2) is 72.3 Å². The first kappa shape index (κ1) is 23.0. The smallest absolute Gasteiger partial charge is 0.300 e. The molecule has 1 atom stereocenters. The Morgan fingerprint density at radius 2 is 1.71 bits per heavy atom. The maximum absolute atomic E-state index is 14.0. The number of aromatic hydroxyl groups is 1. The second kappa shape index (κ2) is 8.97. The molecule has 0 aromatic heterocycles. The van der Waals surface area contributed by atoms with Crippen LogP contribution in [0.5, 0.6) is 11.5 Å². The zero-order valence-corrected chi connectivity index (χ0v) is 18.3. The van der Waals surface area contributed by atoms with E-state index in [1.54, 1.807) is 24.3 Å². The van der Waals surface area contributed by atoms with Crippen molar-refractivity contribution in [3.05, 3.63) is 95.1 Å². The Balaban J connectivity index is 1.92. The van der Waals surface area contributed by atoms with Gasteiger partial charge in [0.25, 0.3) is 11.7 Å². The molecule has 1 heterocycles. The number of halogens is 2. The zero-order chi connectivity index (χ0) is 24.6. The minimum absolute atomic E-state index is 0.0784. The summed E-state index contributed by atoms with van der Waals surface area (Å²) >= 11 is 0. The van der Waals surface area contributed by atoms with Crippen LogP contribution in [0, 0.1) is 11.6 Å². The van der Waals surface area contributed by atoms with Crippen LogP contribution in [0.25, 0.3) is 5.76 Å². The fourth-order valence-corrected chi connectivity index (χ4v) is 3.89. The van der Waals surface area contributed by atoms with E-state index < -0.39 is 35.1 Å². The van der Waals surface area contributed by atoms with Crippen molar-refractivity contribution in [1.82, 2.24) is 0 Å². The second-order valence-corrected chi connectivity index (χ2v) is 8.06. The lowest BCUT2D eigenvalue weighted by Crippen LogP contribution is -2.29. The molecule has 1 unspecified atom stereocenters. The van der Waals surface area contributed by atoms with Crippen molar-refractivity contribution >= 4 is 23.1 Å². The summed E-state index contributed by atoms with van der Waals surface area (Å²) < 4.78 is 33.2. The summed E-state index contributed by atoms with van der Waals surface area (Å²) in [5, 5.41) is 21.2. The maximum atomic E-state index is 14.0. The first-order valence-corrected chi connectivity index (χ1v) is 10.5. The third kappa shape index (κ3) is 4.22. The van der Waals surface area contributed by atoms with Gasteiger partial charge in [-0.1, -0.05) is 24.3 Å². The lowest BCUT2D eigenvalue weighted by atomic mass is 9.95. The van der Waals surface area contributed by atoms with Crippen LogP contribution < -0.4 is 9.64 Å². The number of ether oxygens (including phenoxy) is 1. The van der Waals surface area contributed by atoms with Gasteiger partial charge in [-0.15, -0.1) is 0 Å². The van der Waals surface area contributed by atoms with Crippen molar-refractivity contribution in [2.24, 2.45) is 0 Å². The number of anilines is 1. The molecule has 0 aliphatic carbocycles. The zero-order valence-electron chi connectivity index (χ0n) is 18.3. The summed E-state index contributed by atoms with van der Waals surface area (Å²) in [7, 11) is 0. The standard InChI is InChI=1S/C26H21F2NO5/c1-14(2)34-19-8-4-6-16(12-19)24(31)22-23(15-5-3-7-18(30)11-15)29(26(33)25(22)32)17-9-10-20(27)21(28)13-17/h3-14,23,30-31H,1-2H3/b24-22+. The third-order valence-electron chi connectivity index (χ3n) is 5.29. The molecule has 1 saturated heterocycles. The van der Waals surface area contributed by atoms with Crippen molar-refractivity contribution in [2.75, 3.05) is 4.90 Å². The number of nitrogens with zero attached hydrogens (tertiary/aromatic N) is 1. The fourth-order valence-electron chi connectivity index (χ4n) is 3.89. The highest BCUT2D eigenvalue weighted by Gasteiger charge is 2.47. The van der Waals surface area contributed by atoms with Crippen molar-refractivity contribution < 1.29 is 33.3 Å². The van der Waals surface area contributed by atoms with Gasteiger partial charge in [-0.2, -0.15) is 0 Å². The molecule has 1 aliphatic heterocycles.